The summed E-state index contributed by atoms with van der Waals surface area (Å²) >= 11 is 0. The highest BCUT2D eigenvalue weighted by Crippen LogP contribution is 2.17. The minimum atomic E-state index is -0.862. The van der Waals surface area contributed by atoms with Gasteiger partial charge in [0.15, 0.2) is 5.78 Å². The Bertz CT molecular complexity index is 1250. The van der Waals surface area contributed by atoms with Crippen LogP contribution in [-0.2, 0) is 62.1 Å². The van der Waals surface area contributed by atoms with Gasteiger partial charge in [-0.3, -0.25) is 33.6 Å². The number of nitrogens with zero attached hydrogens (tertiary/aromatic N) is 1. The number of hydroxylamine groups is 2. The molecule has 4 N–H and O–H groups in total. The first-order chi connectivity index (χ1) is 29.0. The zero-order chi connectivity index (χ0) is 44.1. The number of hydrogen-bond donors (Lipinski definition) is 3. The van der Waals surface area contributed by atoms with Gasteiger partial charge in [0, 0.05) is 64.0 Å². The Kier molecular flexibility index (Phi) is 33.4. The van der Waals surface area contributed by atoms with E-state index in [0.29, 0.717) is 24.5 Å². The lowest BCUT2D eigenvalue weighted by Gasteiger charge is -2.13. The van der Waals surface area contributed by atoms with Gasteiger partial charge in [0.25, 0.3) is 11.8 Å². The van der Waals surface area contributed by atoms with Crippen LogP contribution in [0, 0.1) is 5.92 Å². The van der Waals surface area contributed by atoms with Crippen molar-refractivity contribution < 1.29 is 67.2 Å². The largest absolute Gasteiger partial charge is 0.481 e. The van der Waals surface area contributed by atoms with Crippen molar-refractivity contribution >= 4 is 47.1 Å². The van der Waals surface area contributed by atoms with Crippen molar-refractivity contribution in [2.75, 3.05) is 59.4 Å². The molecule has 0 unspecified atom stereocenters. The Morgan fingerprint density at radius 3 is 1.57 bits per heavy atom. The van der Waals surface area contributed by atoms with Crippen LogP contribution in [0.15, 0.2) is 0 Å². The average Bonchev–Trinajstić information content (AvgIpc) is 3.52. The van der Waals surface area contributed by atoms with Gasteiger partial charge in [0.05, 0.1) is 33.0 Å². The van der Waals surface area contributed by atoms with Gasteiger partial charge in [-0.15, -0.1) is 5.06 Å². The number of carbonyl (C=O) groups excluding carboxylic acids is 7. The molecule has 1 aliphatic rings. The standard InChI is InChI=1S/C43H73N3O14/c44-43(55)35(32-36(47)18-15-13-11-9-7-5-3-1-2-4-6-8-10-12-14-16-20-41(52)53)21-22-38(49)45-25-27-57-29-30-58-33-37(48)19-17-26-56-28-31-59-34-42(54)60-46-39(50)23-24-40(46)51/h35H,1-34H2,(H2,44,55)(H,45,49)(H,52,53)/t35-/m1/s1. The summed E-state index contributed by atoms with van der Waals surface area (Å²) in [4.78, 5) is 98.4. The molecule has 0 radical (unpaired) electrons. The second-order valence-corrected chi connectivity index (χ2v) is 15.3. The van der Waals surface area contributed by atoms with Gasteiger partial charge in [-0.05, 0) is 25.7 Å². The number of unbranched alkanes of at least 4 members (excludes halogenated alkanes) is 15. The second-order valence-electron chi connectivity index (χ2n) is 15.3. The number of carboxylic acids is 1. The molecule has 1 atom stereocenters. The molecule has 0 aromatic carbocycles. The first-order valence-corrected chi connectivity index (χ1v) is 22.2. The molecule has 17 heteroatoms. The van der Waals surface area contributed by atoms with E-state index in [-0.39, 0.29) is 109 Å². The lowest BCUT2D eigenvalue weighted by atomic mass is 9.94. The molecule has 1 aliphatic heterocycles. The summed E-state index contributed by atoms with van der Waals surface area (Å²) < 4.78 is 21.2. The highest BCUT2D eigenvalue weighted by molar-refractivity contribution is 6.01. The number of carboxylic acid groups (broad SMARTS) is 1. The Morgan fingerprint density at radius 2 is 1.03 bits per heavy atom. The number of amides is 4. The molecule has 0 bridgehead atoms. The summed E-state index contributed by atoms with van der Waals surface area (Å²) in [6.45, 7) is 1.00. The van der Waals surface area contributed by atoms with Crippen molar-refractivity contribution in [1.29, 1.82) is 0 Å². The van der Waals surface area contributed by atoms with Gasteiger partial charge in [0.2, 0.25) is 11.8 Å². The predicted octanol–water partition coefficient (Wildman–Crippen LogP) is 5.07. The van der Waals surface area contributed by atoms with Crippen LogP contribution in [0.4, 0.5) is 0 Å². The van der Waals surface area contributed by atoms with E-state index in [9.17, 15) is 38.4 Å². The number of primary amides is 1. The molecule has 0 aliphatic carbocycles. The summed E-state index contributed by atoms with van der Waals surface area (Å²) in [5, 5.41) is 11.8. The van der Waals surface area contributed by atoms with E-state index in [1.54, 1.807) is 0 Å². The van der Waals surface area contributed by atoms with Crippen LogP contribution in [0.3, 0.4) is 0 Å². The summed E-state index contributed by atoms with van der Waals surface area (Å²) in [5.74, 6) is -4.29. The summed E-state index contributed by atoms with van der Waals surface area (Å²) in [7, 11) is 0. The van der Waals surface area contributed by atoms with Crippen molar-refractivity contribution in [2.24, 2.45) is 11.7 Å². The normalized spacial score (nSPS) is 13.1. The lowest BCUT2D eigenvalue weighted by Crippen LogP contribution is -2.33. The van der Waals surface area contributed by atoms with Crippen LogP contribution < -0.4 is 11.1 Å². The van der Waals surface area contributed by atoms with Gasteiger partial charge in [-0.25, -0.2) is 4.79 Å². The highest BCUT2D eigenvalue weighted by Gasteiger charge is 2.32. The number of carbonyl (C=O) groups is 8. The first-order valence-electron chi connectivity index (χ1n) is 22.2. The fourth-order valence-electron chi connectivity index (χ4n) is 6.46. The Balaban J connectivity index is 1.90. The molecule has 0 spiro atoms. The molecule has 4 amide bonds. The van der Waals surface area contributed by atoms with Crippen molar-refractivity contribution in [3.63, 3.8) is 0 Å². The number of hydrogen-bond acceptors (Lipinski definition) is 13. The van der Waals surface area contributed by atoms with Crippen LogP contribution in [0.25, 0.3) is 0 Å². The number of Topliss-reactive ketones (excluding diaryl/α,β-unsaturated/α-hetero) is 2. The van der Waals surface area contributed by atoms with E-state index >= 15 is 0 Å². The molecule has 344 valence electrons. The fourth-order valence-corrected chi connectivity index (χ4v) is 6.46. The van der Waals surface area contributed by atoms with Crippen molar-refractivity contribution in [3.05, 3.63) is 0 Å². The van der Waals surface area contributed by atoms with Crippen LogP contribution >= 0.6 is 0 Å². The van der Waals surface area contributed by atoms with Crippen molar-refractivity contribution in [3.8, 4) is 0 Å². The van der Waals surface area contributed by atoms with E-state index in [4.69, 9.17) is 29.8 Å². The van der Waals surface area contributed by atoms with Gasteiger partial charge in [-0.1, -0.05) is 89.9 Å². The van der Waals surface area contributed by atoms with E-state index < -0.39 is 42.2 Å². The van der Waals surface area contributed by atoms with E-state index in [2.05, 4.69) is 10.2 Å². The second kappa shape index (κ2) is 37.0. The van der Waals surface area contributed by atoms with Crippen LogP contribution in [0.5, 0.6) is 0 Å². The van der Waals surface area contributed by atoms with Crippen molar-refractivity contribution in [2.45, 2.75) is 161 Å². The third-order valence-electron chi connectivity index (χ3n) is 9.93. The molecule has 1 saturated heterocycles. The van der Waals surface area contributed by atoms with Crippen molar-refractivity contribution in [1.82, 2.24) is 10.4 Å². The van der Waals surface area contributed by atoms with Gasteiger partial charge >= 0.3 is 11.9 Å². The maximum Gasteiger partial charge on any atom is 0.358 e. The first kappa shape index (κ1) is 54.2. The molecular weight excluding hydrogens is 782 g/mol. The molecule has 1 heterocycles. The molecule has 17 nitrogen and oxygen atoms in total. The third kappa shape index (κ3) is 32.0. The maximum absolute atomic E-state index is 12.5. The number of ketones is 2. The topological polar surface area (TPSA) is 244 Å². The van der Waals surface area contributed by atoms with E-state index in [0.717, 1.165) is 44.9 Å². The monoisotopic (exact) mass is 856 g/mol. The smallest absolute Gasteiger partial charge is 0.358 e. The zero-order valence-electron chi connectivity index (χ0n) is 35.9. The van der Waals surface area contributed by atoms with Gasteiger partial charge in [0.1, 0.15) is 19.0 Å². The number of nitrogens with one attached hydrogen (secondary N) is 1. The predicted molar refractivity (Wildman–Crippen MR) is 220 cm³/mol. The summed E-state index contributed by atoms with van der Waals surface area (Å²) in [6.07, 6.45) is 20.0. The Hall–Kier alpha value is -3.80. The van der Waals surface area contributed by atoms with E-state index in [1.807, 2.05) is 0 Å². The van der Waals surface area contributed by atoms with Crippen LogP contribution in [0.1, 0.15) is 161 Å². The van der Waals surface area contributed by atoms with Gasteiger partial charge < -0.3 is 39.9 Å². The zero-order valence-corrected chi connectivity index (χ0v) is 35.9. The molecule has 0 aromatic rings. The SMILES string of the molecule is NC(=O)[C@H](CCC(=O)NCCOCCOCC(=O)CCCOCCOCC(=O)ON1C(=O)CCC1=O)CC(=O)CCCCCCCCCCCCCCCCCCC(=O)O. The lowest BCUT2D eigenvalue weighted by molar-refractivity contribution is -0.200. The number of aliphatic carboxylic acids is 1. The fraction of sp³-hybridized carbons (Fsp3) is 0.814. The van der Waals surface area contributed by atoms with Crippen LogP contribution in [-0.4, -0.2) is 117 Å². The summed E-state index contributed by atoms with van der Waals surface area (Å²) in [5.41, 5.74) is 5.53. The Morgan fingerprint density at radius 1 is 0.567 bits per heavy atom. The number of imide groups is 1. The van der Waals surface area contributed by atoms with Crippen LogP contribution in [0.2, 0.25) is 0 Å². The maximum atomic E-state index is 12.5. The minimum Gasteiger partial charge on any atom is -0.481 e. The molecule has 0 aromatic heterocycles. The summed E-state index contributed by atoms with van der Waals surface area (Å²) in [6, 6.07) is 0. The van der Waals surface area contributed by atoms with Gasteiger partial charge in [-0.2, -0.15) is 0 Å². The molecule has 1 fully saturated rings. The third-order valence-corrected chi connectivity index (χ3v) is 9.93. The Labute approximate surface area is 355 Å². The number of rotatable bonds is 43. The number of ether oxygens (including phenoxy) is 4. The number of nitrogens with two attached hydrogens (primary N) is 1. The average molecular weight is 856 g/mol. The molecule has 0 saturated carbocycles. The molecule has 60 heavy (non-hydrogen) atoms. The molecular formula is C43H73N3O14. The molecule has 1 rings (SSSR count). The van der Waals surface area contributed by atoms with E-state index in [1.165, 1.54) is 57.8 Å². The minimum absolute atomic E-state index is 0.000505. The highest BCUT2D eigenvalue weighted by atomic mass is 16.7. The quantitative estimate of drug-likeness (QED) is 0.0536.